The van der Waals surface area contributed by atoms with Crippen molar-refractivity contribution >= 4 is 0 Å². The Morgan fingerprint density at radius 3 is 1.06 bits per heavy atom. The molecule has 18 heavy (non-hydrogen) atoms. The van der Waals surface area contributed by atoms with Crippen LogP contribution in [0.15, 0.2) is 0 Å². The summed E-state index contributed by atoms with van der Waals surface area (Å²) < 4.78 is 0. The Bertz CT molecular complexity index is 244. The number of hydrogen-bond acceptors (Lipinski definition) is 0. The van der Waals surface area contributed by atoms with E-state index >= 15 is 0 Å². The smallest absolute Gasteiger partial charge is 0.0193 e. The monoisotopic (exact) mass is 254 g/mol. The van der Waals surface area contributed by atoms with Crippen LogP contribution in [0.5, 0.6) is 0 Å². The second-order valence-corrected chi connectivity index (χ2v) is 7.93. The summed E-state index contributed by atoms with van der Waals surface area (Å²) in [6.45, 7) is 24.3. The highest BCUT2D eigenvalue weighted by Gasteiger charge is 2.56. The van der Waals surface area contributed by atoms with Crippen LogP contribution in [0, 0.1) is 21.7 Å². The summed E-state index contributed by atoms with van der Waals surface area (Å²) in [5, 5.41) is 0. The SMILES string of the molecule is CCC(C)(CC)C(CC)(CC)C(C)(C)C(C)(C)C. The standard InChI is InChI=1S/C18H38/c1-11-17(10,12-2)18(13-3,14-4)16(8,9)15(5,6)7/h11-14H2,1-10H3. The first-order chi connectivity index (χ1) is 7.99. The third-order valence-electron chi connectivity index (χ3n) is 6.99. The van der Waals surface area contributed by atoms with Crippen LogP contribution in [-0.2, 0) is 0 Å². The molecule has 0 aliphatic heterocycles. The number of hydrogen-bond donors (Lipinski definition) is 0. The van der Waals surface area contributed by atoms with Crippen molar-refractivity contribution in [1.82, 2.24) is 0 Å². The fraction of sp³-hybridized carbons (Fsp3) is 1.00. The Labute approximate surface area is 117 Å². The van der Waals surface area contributed by atoms with E-state index in [1.807, 2.05) is 0 Å². The molecule has 0 unspecified atom stereocenters. The highest BCUT2D eigenvalue weighted by atomic mass is 14.6. The van der Waals surface area contributed by atoms with Crippen molar-refractivity contribution in [1.29, 1.82) is 0 Å². The van der Waals surface area contributed by atoms with E-state index in [-0.39, 0.29) is 0 Å². The zero-order chi connectivity index (χ0) is 14.8. The molecule has 0 heteroatoms. The van der Waals surface area contributed by atoms with Crippen LogP contribution in [0.3, 0.4) is 0 Å². The number of rotatable bonds is 6. The molecule has 0 aromatic rings. The van der Waals surface area contributed by atoms with E-state index < -0.39 is 0 Å². The molecular formula is C18H38. The first-order valence-corrected chi connectivity index (χ1v) is 7.99. The van der Waals surface area contributed by atoms with Gasteiger partial charge in [-0.05, 0) is 34.5 Å². The molecule has 0 saturated heterocycles. The molecule has 0 aromatic carbocycles. The van der Waals surface area contributed by atoms with Gasteiger partial charge in [-0.2, -0.15) is 0 Å². The van der Waals surface area contributed by atoms with Crippen LogP contribution in [-0.4, -0.2) is 0 Å². The quantitative estimate of drug-likeness (QED) is 0.495. The summed E-state index contributed by atoms with van der Waals surface area (Å²) in [6.07, 6.45) is 5.13. The molecule has 0 rings (SSSR count). The normalized spacial score (nSPS) is 15.0. The molecule has 0 aliphatic rings. The predicted octanol–water partition coefficient (Wildman–Crippen LogP) is 6.69. The molecule has 0 spiro atoms. The summed E-state index contributed by atoms with van der Waals surface area (Å²) in [4.78, 5) is 0. The highest BCUT2D eigenvalue weighted by molar-refractivity contribution is 5.05. The maximum Gasteiger partial charge on any atom is -0.0193 e. The minimum Gasteiger partial charge on any atom is -0.0648 e. The van der Waals surface area contributed by atoms with E-state index in [4.69, 9.17) is 0 Å². The maximum absolute atomic E-state index is 2.52. The van der Waals surface area contributed by atoms with Gasteiger partial charge in [-0.1, -0.05) is 82.1 Å². The third-order valence-corrected chi connectivity index (χ3v) is 6.99. The summed E-state index contributed by atoms with van der Waals surface area (Å²) in [5.74, 6) is 0. The van der Waals surface area contributed by atoms with Crippen LogP contribution in [0.2, 0.25) is 0 Å². The lowest BCUT2D eigenvalue weighted by atomic mass is 9.43. The van der Waals surface area contributed by atoms with E-state index in [0.29, 0.717) is 21.7 Å². The Balaban J connectivity index is 5.97. The third kappa shape index (κ3) is 2.37. The molecule has 0 atom stereocenters. The van der Waals surface area contributed by atoms with Crippen LogP contribution in [0.4, 0.5) is 0 Å². The Kier molecular flexibility index (Phi) is 5.55. The summed E-state index contributed by atoms with van der Waals surface area (Å²) >= 11 is 0. The van der Waals surface area contributed by atoms with Gasteiger partial charge in [-0.15, -0.1) is 0 Å². The van der Waals surface area contributed by atoms with Gasteiger partial charge in [0, 0.05) is 0 Å². The summed E-state index contributed by atoms with van der Waals surface area (Å²) in [7, 11) is 0. The molecule has 0 nitrogen and oxygen atoms in total. The second kappa shape index (κ2) is 5.55. The van der Waals surface area contributed by atoms with Crippen molar-refractivity contribution in [2.75, 3.05) is 0 Å². The fourth-order valence-corrected chi connectivity index (χ4v) is 4.39. The molecule has 0 N–H and O–H groups in total. The first-order valence-electron chi connectivity index (χ1n) is 7.99. The predicted molar refractivity (Wildman–Crippen MR) is 84.9 cm³/mol. The van der Waals surface area contributed by atoms with Gasteiger partial charge in [-0.25, -0.2) is 0 Å². The molecule has 0 aliphatic carbocycles. The van der Waals surface area contributed by atoms with E-state index in [1.54, 1.807) is 0 Å². The molecule has 0 amide bonds. The fourth-order valence-electron chi connectivity index (χ4n) is 4.39. The zero-order valence-corrected chi connectivity index (χ0v) is 14.8. The van der Waals surface area contributed by atoms with Gasteiger partial charge < -0.3 is 0 Å². The van der Waals surface area contributed by atoms with Gasteiger partial charge in [0.15, 0.2) is 0 Å². The van der Waals surface area contributed by atoms with Gasteiger partial charge in [0.1, 0.15) is 0 Å². The molecule has 0 heterocycles. The largest absolute Gasteiger partial charge is 0.0648 e. The molecule has 0 radical (unpaired) electrons. The summed E-state index contributed by atoms with van der Waals surface area (Å²) in [5.41, 5.74) is 1.53. The van der Waals surface area contributed by atoms with E-state index in [0.717, 1.165) is 0 Å². The Hall–Kier alpha value is 0. The van der Waals surface area contributed by atoms with Gasteiger partial charge >= 0.3 is 0 Å². The molecule has 0 aromatic heterocycles. The van der Waals surface area contributed by atoms with Crippen molar-refractivity contribution in [3.05, 3.63) is 0 Å². The minimum atomic E-state index is 0.338. The average Bonchev–Trinajstić information content (AvgIpc) is 2.29. The molecular weight excluding hydrogens is 216 g/mol. The zero-order valence-electron chi connectivity index (χ0n) is 14.8. The molecule has 0 saturated carbocycles. The average molecular weight is 255 g/mol. The van der Waals surface area contributed by atoms with Gasteiger partial charge in [0.25, 0.3) is 0 Å². The second-order valence-electron chi connectivity index (χ2n) is 7.93. The van der Waals surface area contributed by atoms with Gasteiger partial charge in [0.05, 0.1) is 0 Å². The van der Waals surface area contributed by atoms with Crippen molar-refractivity contribution in [3.8, 4) is 0 Å². The van der Waals surface area contributed by atoms with Crippen LogP contribution in [0.25, 0.3) is 0 Å². The lowest BCUT2D eigenvalue weighted by Crippen LogP contribution is -2.54. The summed E-state index contributed by atoms with van der Waals surface area (Å²) in [6, 6.07) is 0. The van der Waals surface area contributed by atoms with E-state index in [9.17, 15) is 0 Å². The van der Waals surface area contributed by atoms with E-state index in [2.05, 4.69) is 69.2 Å². The van der Waals surface area contributed by atoms with Crippen molar-refractivity contribution in [2.24, 2.45) is 21.7 Å². The molecule has 0 fully saturated rings. The van der Waals surface area contributed by atoms with Crippen molar-refractivity contribution in [3.63, 3.8) is 0 Å². The van der Waals surface area contributed by atoms with Crippen molar-refractivity contribution < 1.29 is 0 Å². The molecule has 110 valence electrons. The van der Waals surface area contributed by atoms with Crippen LogP contribution in [0.1, 0.15) is 94.9 Å². The van der Waals surface area contributed by atoms with Gasteiger partial charge in [-0.3, -0.25) is 0 Å². The lowest BCUT2D eigenvalue weighted by molar-refractivity contribution is -0.130. The highest BCUT2D eigenvalue weighted by Crippen LogP contribution is 2.64. The van der Waals surface area contributed by atoms with Crippen molar-refractivity contribution in [2.45, 2.75) is 94.9 Å². The Morgan fingerprint density at radius 2 is 0.889 bits per heavy atom. The minimum absolute atomic E-state index is 0.338. The first kappa shape index (κ1) is 18.0. The van der Waals surface area contributed by atoms with Crippen LogP contribution >= 0.6 is 0 Å². The van der Waals surface area contributed by atoms with E-state index in [1.165, 1.54) is 25.7 Å². The van der Waals surface area contributed by atoms with Crippen LogP contribution < -0.4 is 0 Å². The topological polar surface area (TPSA) is 0 Å². The maximum atomic E-state index is 2.52. The molecule has 0 bridgehead atoms. The lowest BCUT2D eigenvalue weighted by Gasteiger charge is -2.62. The van der Waals surface area contributed by atoms with Gasteiger partial charge in [0.2, 0.25) is 0 Å². The Morgan fingerprint density at radius 1 is 0.556 bits per heavy atom.